The second kappa shape index (κ2) is 13.0. The number of nitrogen functional groups attached to an aromatic ring is 2. The zero-order chi connectivity index (χ0) is 39.4. The van der Waals surface area contributed by atoms with E-state index >= 15 is 0 Å². The van der Waals surface area contributed by atoms with Gasteiger partial charge in [0.2, 0.25) is 0 Å². The molecular formula is C42H41N6O7S2+. The SMILES string of the molecule is Cc1cc(=O)c2c(O)c3c(cc2o1)OC1(C)CC2C=CC1(C3)OC(=O)C1(C)OC1CCc1cc(N)nc(c1)-c1cc(C[NH+]3C=C4N=CC=C4C3)nc(N)c1CSS2. The zero-order valence-electron chi connectivity index (χ0n) is 31.6. The summed E-state index contributed by atoms with van der Waals surface area (Å²) < 4.78 is 25.3. The van der Waals surface area contributed by atoms with Gasteiger partial charge in [-0.05, 0) is 69.5 Å². The third kappa shape index (κ3) is 6.05. The van der Waals surface area contributed by atoms with Gasteiger partial charge in [0.1, 0.15) is 64.9 Å². The Bertz CT molecular complexity index is 2620. The van der Waals surface area contributed by atoms with E-state index in [2.05, 4.69) is 23.3 Å². The van der Waals surface area contributed by atoms with E-state index < -0.39 is 28.9 Å². The first-order valence-corrected chi connectivity index (χ1v) is 21.4. The number of carbonyl (C=O) groups excluding carboxylic acids is 1. The van der Waals surface area contributed by atoms with Crippen LogP contribution in [0.5, 0.6) is 11.5 Å². The number of nitrogens with two attached hydrogens (primary N) is 2. The first-order chi connectivity index (χ1) is 27.3. The molecule has 3 aromatic heterocycles. The molecule has 7 aliphatic rings. The van der Waals surface area contributed by atoms with Crippen LogP contribution in [0.1, 0.15) is 54.8 Å². The number of pyridine rings is 2. The Balaban J connectivity index is 1.02. The molecule has 0 amide bonds. The van der Waals surface area contributed by atoms with Crippen LogP contribution in [-0.2, 0) is 39.4 Å². The lowest BCUT2D eigenvalue weighted by atomic mass is 9.70. The van der Waals surface area contributed by atoms with Gasteiger partial charge in [0.05, 0.1) is 17.5 Å². The lowest BCUT2D eigenvalue weighted by molar-refractivity contribution is -0.852. The highest BCUT2D eigenvalue weighted by atomic mass is 33.1. The molecule has 292 valence electrons. The van der Waals surface area contributed by atoms with Crippen molar-refractivity contribution in [2.24, 2.45) is 4.99 Å². The topological polar surface area (TPSA) is 193 Å². The van der Waals surface area contributed by atoms with Gasteiger partial charge >= 0.3 is 5.97 Å². The van der Waals surface area contributed by atoms with Gasteiger partial charge in [0, 0.05) is 64.5 Å². The first kappa shape index (κ1) is 36.3. The molecule has 6 atom stereocenters. The van der Waals surface area contributed by atoms with E-state index in [4.69, 9.17) is 40.1 Å². The summed E-state index contributed by atoms with van der Waals surface area (Å²) >= 11 is 0. The molecule has 0 saturated carbocycles. The van der Waals surface area contributed by atoms with Crippen LogP contribution in [0.25, 0.3) is 22.2 Å². The number of aromatic nitrogens is 2. The van der Waals surface area contributed by atoms with Crippen LogP contribution in [0.3, 0.4) is 0 Å². The van der Waals surface area contributed by atoms with Crippen molar-refractivity contribution >= 4 is 56.4 Å². The van der Waals surface area contributed by atoms with Crippen LogP contribution in [-0.4, -0.2) is 62.0 Å². The van der Waals surface area contributed by atoms with Crippen LogP contribution in [0.4, 0.5) is 11.6 Å². The summed E-state index contributed by atoms with van der Waals surface area (Å²) in [6.07, 6.45) is 11.2. The van der Waals surface area contributed by atoms with Crippen molar-refractivity contribution in [2.45, 2.75) is 86.9 Å². The Hall–Kier alpha value is -5.09. The summed E-state index contributed by atoms with van der Waals surface area (Å²) in [5, 5.41) is 11.5. The molecule has 1 spiro atoms. The fraction of sp³-hybridized carbons (Fsp3) is 0.357. The van der Waals surface area contributed by atoms with Gasteiger partial charge in [-0.3, -0.25) is 14.7 Å². The third-order valence-electron chi connectivity index (χ3n) is 12.1. The minimum Gasteiger partial charge on any atom is -0.507 e. The monoisotopic (exact) mass is 805 g/mol. The number of hydrogen-bond donors (Lipinski definition) is 4. The summed E-state index contributed by atoms with van der Waals surface area (Å²) in [6, 6.07) is 8.97. The van der Waals surface area contributed by atoms with Crippen molar-refractivity contribution in [3.05, 3.63) is 104 Å². The molecule has 6 unspecified atom stereocenters. The number of allylic oxidation sites excluding steroid dienone is 1. The number of fused-ring (bicyclic) bond motifs is 7. The lowest BCUT2D eigenvalue weighted by Crippen LogP contribution is -3.04. The molecule has 6 aliphatic heterocycles. The van der Waals surface area contributed by atoms with E-state index in [1.807, 2.05) is 37.4 Å². The summed E-state index contributed by atoms with van der Waals surface area (Å²) in [5.41, 5.74) is 16.4. The van der Waals surface area contributed by atoms with Gasteiger partial charge in [0.15, 0.2) is 22.2 Å². The number of aliphatic imine (C=N–C) groups is 1. The van der Waals surface area contributed by atoms with Gasteiger partial charge in [0.25, 0.3) is 0 Å². The number of nitrogens with one attached hydrogen (secondary N) is 1. The Labute approximate surface area is 335 Å². The van der Waals surface area contributed by atoms with Crippen molar-refractivity contribution in [2.75, 3.05) is 18.0 Å². The number of phenols is 1. The lowest BCUT2D eigenvalue weighted by Gasteiger charge is -2.52. The van der Waals surface area contributed by atoms with E-state index in [0.29, 0.717) is 66.0 Å². The molecule has 13 nitrogen and oxygen atoms in total. The molecule has 1 saturated heterocycles. The largest absolute Gasteiger partial charge is 0.507 e. The van der Waals surface area contributed by atoms with Gasteiger partial charge in [-0.25, -0.2) is 14.8 Å². The van der Waals surface area contributed by atoms with Crippen molar-refractivity contribution in [1.82, 2.24) is 9.97 Å². The number of esters is 1. The molecule has 57 heavy (non-hydrogen) atoms. The number of benzene rings is 1. The number of phenolic OH excluding ortho intramolecular Hbond substituents is 1. The molecule has 1 aliphatic carbocycles. The molecule has 15 heteroatoms. The average Bonchev–Trinajstić information content (AvgIpc) is 3.40. The highest BCUT2D eigenvalue weighted by molar-refractivity contribution is 8.76. The van der Waals surface area contributed by atoms with Gasteiger partial charge in [-0.15, -0.1) is 0 Å². The van der Waals surface area contributed by atoms with Crippen LogP contribution < -0.4 is 26.5 Å². The molecule has 1 aromatic carbocycles. The number of rotatable bonds is 2. The van der Waals surface area contributed by atoms with E-state index in [1.54, 1.807) is 41.5 Å². The average molecular weight is 806 g/mol. The smallest absolute Gasteiger partial charge is 0.341 e. The Morgan fingerprint density at radius 1 is 1.07 bits per heavy atom. The molecule has 11 rings (SSSR count). The molecule has 1 fully saturated rings. The quantitative estimate of drug-likeness (QED) is 0.0947. The van der Waals surface area contributed by atoms with Crippen LogP contribution in [0, 0.1) is 6.92 Å². The number of aryl methyl sites for hydroxylation is 2. The number of epoxide rings is 1. The summed E-state index contributed by atoms with van der Waals surface area (Å²) in [4.78, 5) is 42.7. The normalized spacial score (nSPS) is 29.8. The van der Waals surface area contributed by atoms with Crippen LogP contribution in [0.2, 0.25) is 0 Å². The highest BCUT2D eigenvalue weighted by Gasteiger charge is 2.64. The molecule has 4 aromatic rings. The maximum absolute atomic E-state index is 14.2. The highest BCUT2D eigenvalue weighted by Crippen LogP contribution is 2.54. The minimum atomic E-state index is -1.32. The predicted octanol–water partition coefficient (Wildman–Crippen LogP) is 4.67. The molecular weight excluding hydrogens is 765 g/mol. The summed E-state index contributed by atoms with van der Waals surface area (Å²) in [7, 11) is 3.30. The number of hydrogen-bond acceptors (Lipinski definition) is 14. The second-order valence-corrected chi connectivity index (χ2v) is 18.7. The zero-order valence-corrected chi connectivity index (χ0v) is 33.2. The molecule has 4 bridgehead atoms. The number of nitrogens with zero attached hydrogens (tertiary/aromatic N) is 3. The van der Waals surface area contributed by atoms with Crippen molar-refractivity contribution in [1.29, 1.82) is 0 Å². The van der Waals surface area contributed by atoms with Gasteiger partial charge < -0.3 is 35.2 Å². The Morgan fingerprint density at radius 3 is 2.77 bits per heavy atom. The third-order valence-corrected chi connectivity index (χ3v) is 14.7. The van der Waals surface area contributed by atoms with Gasteiger partial charge in [-0.2, -0.15) is 0 Å². The fourth-order valence-corrected chi connectivity index (χ4v) is 11.6. The van der Waals surface area contributed by atoms with Crippen LogP contribution >= 0.6 is 21.6 Å². The van der Waals surface area contributed by atoms with Gasteiger partial charge in [-0.1, -0.05) is 27.7 Å². The molecule has 6 N–H and O–H groups in total. The molecule has 0 radical (unpaired) electrons. The number of ether oxygens (including phenoxy) is 3. The van der Waals surface area contributed by atoms with Crippen molar-refractivity contribution < 1.29 is 33.4 Å². The minimum absolute atomic E-state index is 0.0574. The first-order valence-electron chi connectivity index (χ1n) is 19.0. The van der Waals surface area contributed by atoms with Crippen LogP contribution in [0.15, 0.2) is 80.2 Å². The fourth-order valence-electron chi connectivity index (χ4n) is 8.91. The van der Waals surface area contributed by atoms with E-state index in [0.717, 1.165) is 34.6 Å². The molecule has 9 heterocycles. The van der Waals surface area contributed by atoms with Crippen molar-refractivity contribution in [3.63, 3.8) is 0 Å². The Kier molecular flexibility index (Phi) is 8.25. The van der Waals surface area contributed by atoms with E-state index in [-0.39, 0.29) is 33.8 Å². The standard InChI is InChI=1S/C42H40N6O7S2/c1-21-10-31(49)36-33(52-21)14-32-27(37(36)50)16-42-8-6-25(15-40(42,2)53-32)57-56-20-28-26(13-24(46-38(28)44)18-48-17-23-7-9-45-30(23)19-48)29-11-22(12-35(43)47-29)4-5-34-41(3,54-34)39(51)55-42/h6-14,19,25,34,50H,4-5,15-18,20H2,1-3H3,(H2,43,47)(H2,44,46)/p+1. The number of quaternary nitrogens is 1. The maximum Gasteiger partial charge on any atom is 0.341 e. The maximum atomic E-state index is 14.2. The second-order valence-electron chi connectivity index (χ2n) is 16.1. The number of carbonyl (C=O) groups is 1. The van der Waals surface area contributed by atoms with E-state index in [1.165, 1.54) is 16.5 Å². The Morgan fingerprint density at radius 2 is 1.93 bits per heavy atom. The summed E-state index contributed by atoms with van der Waals surface area (Å²) in [5.74, 6) is 1.39. The van der Waals surface area contributed by atoms with E-state index in [9.17, 15) is 14.7 Å². The van der Waals surface area contributed by atoms with Crippen molar-refractivity contribution in [3.8, 4) is 22.8 Å². The summed E-state index contributed by atoms with van der Waals surface area (Å²) in [6.45, 7) is 6.82. The predicted molar refractivity (Wildman–Crippen MR) is 219 cm³/mol. The number of aromatic hydroxyl groups is 1. The number of anilines is 2.